The molecule has 1 aliphatic heterocycles. The van der Waals surface area contributed by atoms with Gasteiger partial charge in [0.15, 0.2) is 11.5 Å². The number of rotatable bonds is 6. The first-order chi connectivity index (χ1) is 13.8. The highest BCUT2D eigenvalue weighted by Crippen LogP contribution is 2.36. The second-order valence-electron chi connectivity index (χ2n) is 6.48. The van der Waals surface area contributed by atoms with Crippen molar-refractivity contribution in [2.24, 2.45) is 0 Å². The molecule has 0 spiro atoms. The number of nitrogens with zero attached hydrogens (tertiary/aromatic N) is 1. The number of anilines is 1. The van der Waals surface area contributed by atoms with Crippen LogP contribution in [0.1, 0.15) is 25.8 Å². The number of benzene rings is 2. The minimum absolute atomic E-state index is 0.0450. The topological polar surface area (TPSA) is 67.9 Å². The standard InChI is InChI=1S/C21H20ClIN2O4/c1-4-12(2)29-19-16(23)8-13(10-18(19)28-3)9-17-20(26)25(21(27)24-17)15-7-5-6-14(22)11-15/h5-12H,4H2,1-3H3,(H,24,27)/b17-9-. The number of carbonyl (C=O) groups is 2. The number of hydrogen-bond acceptors (Lipinski definition) is 4. The van der Waals surface area contributed by atoms with Crippen molar-refractivity contribution in [3.8, 4) is 11.5 Å². The Balaban J connectivity index is 1.93. The van der Waals surface area contributed by atoms with E-state index in [1.807, 2.05) is 19.9 Å². The Kier molecular flexibility index (Phi) is 6.69. The summed E-state index contributed by atoms with van der Waals surface area (Å²) < 4.78 is 12.3. The van der Waals surface area contributed by atoms with Gasteiger partial charge < -0.3 is 14.8 Å². The summed E-state index contributed by atoms with van der Waals surface area (Å²) in [4.78, 5) is 26.2. The van der Waals surface area contributed by atoms with Crippen LogP contribution in [0.4, 0.5) is 10.5 Å². The summed E-state index contributed by atoms with van der Waals surface area (Å²) >= 11 is 8.15. The Hall–Kier alpha value is -2.26. The van der Waals surface area contributed by atoms with Gasteiger partial charge >= 0.3 is 6.03 Å². The first-order valence-electron chi connectivity index (χ1n) is 9.01. The van der Waals surface area contributed by atoms with Crippen molar-refractivity contribution in [1.29, 1.82) is 0 Å². The van der Waals surface area contributed by atoms with Crippen LogP contribution in [0.2, 0.25) is 5.02 Å². The van der Waals surface area contributed by atoms with Crippen molar-refractivity contribution in [3.63, 3.8) is 0 Å². The third-order valence-electron chi connectivity index (χ3n) is 4.40. The second-order valence-corrected chi connectivity index (χ2v) is 8.08. The molecule has 0 bridgehead atoms. The maximum absolute atomic E-state index is 12.8. The Labute approximate surface area is 188 Å². The van der Waals surface area contributed by atoms with Crippen LogP contribution in [0.5, 0.6) is 11.5 Å². The van der Waals surface area contributed by atoms with E-state index in [4.69, 9.17) is 21.1 Å². The molecular formula is C21H20ClIN2O4. The van der Waals surface area contributed by atoms with Crippen LogP contribution in [0.3, 0.4) is 0 Å². The number of ether oxygens (including phenoxy) is 2. The number of carbonyl (C=O) groups excluding carboxylic acids is 2. The minimum Gasteiger partial charge on any atom is -0.493 e. The molecule has 2 aromatic carbocycles. The zero-order valence-electron chi connectivity index (χ0n) is 16.2. The average molecular weight is 527 g/mol. The maximum atomic E-state index is 12.8. The molecule has 1 unspecified atom stereocenters. The molecule has 3 amide bonds. The molecule has 0 saturated carbocycles. The zero-order valence-corrected chi connectivity index (χ0v) is 19.1. The van der Waals surface area contributed by atoms with E-state index in [9.17, 15) is 9.59 Å². The fourth-order valence-corrected chi connectivity index (χ4v) is 3.71. The molecule has 1 saturated heterocycles. The molecule has 29 heavy (non-hydrogen) atoms. The van der Waals surface area contributed by atoms with Crippen molar-refractivity contribution < 1.29 is 19.1 Å². The van der Waals surface area contributed by atoms with Gasteiger partial charge in [-0.05, 0) is 77.9 Å². The van der Waals surface area contributed by atoms with Gasteiger partial charge in [0.25, 0.3) is 5.91 Å². The molecule has 0 aliphatic carbocycles. The Morgan fingerprint density at radius 1 is 1.28 bits per heavy atom. The van der Waals surface area contributed by atoms with Gasteiger partial charge in [-0.25, -0.2) is 9.69 Å². The van der Waals surface area contributed by atoms with Gasteiger partial charge in [-0.1, -0.05) is 24.6 Å². The predicted octanol–water partition coefficient (Wildman–Crippen LogP) is 5.23. The Morgan fingerprint density at radius 2 is 2.03 bits per heavy atom. The SMILES string of the molecule is CCC(C)Oc1c(I)cc(/C=C2\NC(=O)N(c3cccc(Cl)c3)C2=O)cc1OC. The van der Waals surface area contributed by atoms with E-state index in [0.717, 1.165) is 14.9 Å². The van der Waals surface area contributed by atoms with Crippen LogP contribution in [-0.4, -0.2) is 25.2 Å². The fraction of sp³-hybridized carbons (Fsp3) is 0.238. The summed E-state index contributed by atoms with van der Waals surface area (Å²) in [7, 11) is 1.56. The van der Waals surface area contributed by atoms with E-state index in [1.165, 1.54) is 0 Å². The van der Waals surface area contributed by atoms with Gasteiger partial charge in [-0.3, -0.25) is 4.79 Å². The largest absolute Gasteiger partial charge is 0.493 e. The molecular weight excluding hydrogens is 507 g/mol. The summed E-state index contributed by atoms with van der Waals surface area (Å²) in [5.74, 6) is 0.769. The highest BCUT2D eigenvalue weighted by Gasteiger charge is 2.35. The number of imide groups is 1. The number of urea groups is 1. The van der Waals surface area contributed by atoms with Crippen molar-refractivity contribution in [3.05, 3.63) is 56.3 Å². The lowest BCUT2D eigenvalue weighted by atomic mass is 10.1. The fourth-order valence-electron chi connectivity index (χ4n) is 2.77. The van der Waals surface area contributed by atoms with E-state index in [0.29, 0.717) is 27.8 Å². The monoisotopic (exact) mass is 526 g/mol. The van der Waals surface area contributed by atoms with Crippen LogP contribution in [0.15, 0.2) is 42.1 Å². The lowest BCUT2D eigenvalue weighted by Crippen LogP contribution is -2.30. The summed E-state index contributed by atoms with van der Waals surface area (Å²) in [6.45, 7) is 4.03. The van der Waals surface area contributed by atoms with Gasteiger partial charge in [0, 0.05) is 5.02 Å². The quantitative estimate of drug-likeness (QED) is 0.318. The summed E-state index contributed by atoms with van der Waals surface area (Å²) in [6.07, 6.45) is 2.52. The van der Waals surface area contributed by atoms with Gasteiger partial charge in [-0.15, -0.1) is 0 Å². The molecule has 152 valence electrons. The summed E-state index contributed by atoms with van der Waals surface area (Å²) in [5.41, 5.74) is 1.29. The molecule has 6 nitrogen and oxygen atoms in total. The van der Waals surface area contributed by atoms with Gasteiger partial charge in [0.1, 0.15) is 5.70 Å². The number of amides is 3. The van der Waals surface area contributed by atoms with E-state index in [2.05, 4.69) is 27.9 Å². The first-order valence-corrected chi connectivity index (χ1v) is 10.5. The molecule has 8 heteroatoms. The van der Waals surface area contributed by atoms with Crippen molar-refractivity contribution in [2.45, 2.75) is 26.4 Å². The van der Waals surface area contributed by atoms with Crippen LogP contribution in [0.25, 0.3) is 6.08 Å². The average Bonchev–Trinajstić information content (AvgIpc) is 2.96. The van der Waals surface area contributed by atoms with Gasteiger partial charge in [0.2, 0.25) is 0 Å². The normalized spacial score (nSPS) is 16.2. The lowest BCUT2D eigenvalue weighted by Gasteiger charge is -2.17. The molecule has 0 radical (unpaired) electrons. The molecule has 1 heterocycles. The highest BCUT2D eigenvalue weighted by molar-refractivity contribution is 14.1. The molecule has 2 aromatic rings. The number of hydrogen-bond donors (Lipinski definition) is 1. The third kappa shape index (κ3) is 4.67. The van der Waals surface area contributed by atoms with E-state index < -0.39 is 11.9 Å². The van der Waals surface area contributed by atoms with Crippen molar-refractivity contribution in [2.75, 3.05) is 12.0 Å². The Bertz CT molecular complexity index is 993. The van der Waals surface area contributed by atoms with Crippen LogP contribution in [-0.2, 0) is 4.79 Å². The number of halogens is 2. The van der Waals surface area contributed by atoms with E-state index >= 15 is 0 Å². The molecule has 0 aromatic heterocycles. The molecule has 3 rings (SSSR count). The molecule has 1 fully saturated rings. The maximum Gasteiger partial charge on any atom is 0.333 e. The van der Waals surface area contributed by atoms with Crippen LogP contribution < -0.4 is 19.7 Å². The van der Waals surface area contributed by atoms with Gasteiger partial charge in [-0.2, -0.15) is 0 Å². The smallest absolute Gasteiger partial charge is 0.333 e. The molecule has 1 atom stereocenters. The van der Waals surface area contributed by atoms with Crippen LogP contribution in [0, 0.1) is 3.57 Å². The van der Waals surface area contributed by atoms with Crippen LogP contribution >= 0.6 is 34.2 Å². The number of nitrogens with one attached hydrogen (secondary N) is 1. The van der Waals surface area contributed by atoms with Crippen molar-refractivity contribution >= 4 is 57.9 Å². The zero-order chi connectivity index (χ0) is 21.1. The molecule has 1 aliphatic rings. The summed E-state index contributed by atoms with van der Waals surface area (Å²) in [6, 6.07) is 9.69. The highest BCUT2D eigenvalue weighted by atomic mass is 127. The summed E-state index contributed by atoms with van der Waals surface area (Å²) in [5, 5.41) is 3.06. The Morgan fingerprint density at radius 3 is 2.69 bits per heavy atom. The van der Waals surface area contributed by atoms with Crippen molar-refractivity contribution in [1.82, 2.24) is 5.32 Å². The van der Waals surface area contributed by atoms with Gasteiger partial charge in [0.05, 0.1) is 22.5 Å². The third-order valence-corrected chi connectivity index (χ3v) is 5.44. The molecule has 1 N–H and O–H groups in total. The predicted molar refractivity (Wildman–Crippen MR) is 122 cm³/mol. The second kappa shape index (κ2) is 9.04. The van der Waals surface area contributed by atoms with E-state index in [1.54, 1.807) is 43.5 Å². The first kappa shape index (κ1) is 21.4. The lowest BCUT2D eigenvalue weighted by molar-refractivity contribution is -0.113. The number of methoxy groups -OCH3 is 1. The van der Waals surface area contributed by atoms with E-state index in [-0.39, 0.29) is 11.8 Å². The minimum atomic E-state index is -0.526.